The molecule has 0 unspecified atom stereocenters. The van der Waals surface area contributed by atoms with Gasteiger partial charge in [0.2, 0.25) is 0 Å². The Hall–Kier alpha value is -1.25. The van der Waals surface area contributed by atoms with Crippen molar-refractivity contribution in [2.75, 3.05) is 19.5 Å². The van der Waals surface area contributed by atoms with E-state index in [1.165, 1.54) is 12.1 Å². The molecule has 0 amide bonds. The fourth-order valence-corrected chi connectivity index (χ4v) is 0.876. The lowest BCUT2D eigenvalue weighted by Gasteiger charge is -2.06. The lowest BCUT2D eigenvalue weighted by Crippen LogP contribution is -1.93. The maximum atomic E-state index is 12.6. The molecule has 11 heavy (non-hydrogen) atoms. The molecule has 1 rings (SSSR count). The predicted molar refractivity (Wildman–Crippen MR) is 42.5 cm³/mol. The van der Waals surface area contributed by atoms with Gasteiger partial charge >= 0.3 is 0 Å². The van der Waals surface area contributed by atoms with Crippen molar-refractivity contribution in [2.24, 2.45) is 0 Å². The molecule has 1 aromatic rings. The molecule has 0 fully saturated rings. The number of methoxy groups -OCH3 is 1. The minimum absolute atomic E-state index is 0.268. The number of nitrogens with one attached hydrogen (secondary N) is 1. The molecule has 0 atom stereocenters. The first-order chi connectivity index (χ1) is 5.27. The topological polar surface area (TPSA) is 21.3 Å². The number of ether oxygens (including phenoxy) is 1. The van der Waals surface area contributed by atoms with Crippen LogP contribution >= 0.6 is 0 Å². The summed E-state index contributed by atoms with van der Waals surface area (Å²) in [6.07, 6.45) is 0. The van der Waals surface area contributed by atoms with Crippen molar-refractivity contribution >= 4 is 5.69 Å². The Kier molecular flexibility index (Phi) is 2.31. The van der Waals surface area contributed by atoms with Gasteiger partial charge in [-0.1, -0.05) is 0 Å². The number of hydrogen-bond acceptors (Lipinski definition) is 2. The zero-order chi connectivity index (χ0) is 8.27. The van der Waals surface area contributed by atoms with Crippen LogP contribution < -0.4 is 10.1 Å². The van der Waals surface area contributed by atoms with Crippen molar-refractivity contribution in [2.45, 2.75) is 0 Å². The summed E-state index contributed by atoms with van der Waals surface area (Å²) < 4.78 is 17.5. The number of benzene rings is 1. The van der Waals surface area contributed by atoms with Gasteiger partial charge in [0.05, 0.1) is 12.8 Å². The third kappa shape index (κ3) is 1.61. The summed E-state index contributed by atoms with van der Waals surface area (Å²) in [6, 6.07) is 4.33. The fraction of sp³-hybridized carbons (Fsp3) is 0.250. The number of halogens is 1. The molecule has 0 spiro atoms. The highest BCUT2D eigenvalue weighted by Gasteiger charge is 2.00. The zero-order valence-electron chi connectivity index (χ0n) is 6.52. The molecule has 60 valence electrons. The molecular formula is C8H10FNO. The maximum Gasteiger partial charge on any atom is 0.142 e. The van der Waals surface area contributed by atoms with Gasteiger partial charge in [-0.05, 0) is 12.1 Å². The van der Waals surface area contributed by atoms with Gasteiger partial charge in [0.15, 0.2) is 0 Å². The second kappa shape index (κ2) is 3.23. The Morgan fingerprint density at radius 3 is 2.73 bits per heavy atom. The van der Waals surface area contributed by atoms with E-state index in [0.717, 1.165) is 0 Å². The highest BCUT2D eigenvalue weighted by atomic mass is 19.1. The van der Waals surface area contributed by atoms with Crippen LogP contribution in [0.25, 0.3) is 0 Å². The Balaban J connectivity index is 3.06. The molecule has 0 saturated heterocycles. The number of anilines is 1. The van der Waals surface area contributed by atoms with Gasteiger partial charge in [-0.2, -0.15) is 0 Å². The van der Waals surface area contributed by atoms with Crippen molar-refractivity contribution < 1.29 is 9.13 Å². The lowest BCUT2D eigenvalue weighted by atomic mass is 10.3. The molecule has 0 aliphatic heterocycles. The Morgan fingerprint density at radius 1 is 1.45 bits per heavy atom. The third-order valence-corrected chi connectivity index (χ3v) is 1.43. The minimum Gasteiger partial charge on any atom is -0.495 e. The van der Waals surface area contributed by atoms with Crippen LogP contribution in [0, 0.1) is 5.82 Å². The van der Waals surface area contributed by atoms with Crippen LogP contribution in [0.5, 0.6) is 5.75 Å². The van der Waals surface area contributed by atoms with Gasteiger partial charge in [-0.25, -0.2) is 4.39 Å². The van der Waals surface area contributed by atoms with Crippen molar-refractivity contribution in [3.05, 3.63) is 24.0 Å². The summed E-state index contributed by atoms with van der Waals surface area (Å²) in [4.78, 5) is 0. The summed E-state index contributed by atoms with van der Waals surface area (Å²) >= 11 is 0. The van der Waals surface area contributed by atoms with Crippen molar-refractivity contribution in [3.8, 4) is 5.75 Å². The number of rotatable bonds is 2. The van der Waals surface area contributed by atoms with Gasteiger partial charge in [-0.15, -0.1) is 0 Å². The summed E-state index contributed by atoms with van der Waals surface area (Å²) in [5, 5.41) is 2.82. The Morgan fingerprint density at radius 2 is 2.18 bits per heavy atom. The highest BCUT2D eigenvalue weighted by Crippen LogP contribution is 2.23. The van der Waals surface area contributed by atoms with E-state index in [4.69, 9.17) is 4.74 Å². The first-order valence-corrected chi connectivity index (χ1v) is 3.29. The first kappa shape index (κ1) is 7.85. The summed E-state index contributed by atoms with van der Waals surface area (Å²) in [5.41, 5.74) is 0.660. The van der Waals surface area contributed by atoms with Crippen LogP contribution in [-0.4, -0.2) is 14.2 Å². The molecule has 0 heterocycles. The van der Waals surface area contributed by atoms with Crippen LogP contribution in [-0.2, 0) is 0 Å². The quantitative estimate of drug-likeness (QED) is 0.704. The average Bonchev–Trinajstić information content (AvgIpc) is 2.04. The number of hydrogen-bond donors (Lipinski definition) is 1. The molecular weight excluding hydrogens is 145 g/mol. The second-order valence-electron chi connectivity index (χ2n) is 2.09. The second-order valence-corrected chi connectivity index (χ2v) is 2.09. The zero-order valence-corrected chi connectivity index (χ0v) is 6.52. The smallest absolute Gasteiger partial charge is 0.142 e. The van der Waals surface area contributed by atoms with Crippen LogP contribution in [0.2, 0.25) is 0 Å². The molecule has 0 aliphatic rings. The van der Waals surface area contributed by atoms with Gasteiger partial charge < -0.3 is 10.1 Å². The largest absolute Gasteiger partial charge is 0.495 e. The van der Waals surface area contributed by atoms with E-state index >= 15 is 0 Å². The lowest BCUT2D eigenvalue weighted by molar-refractivity contribution is 0.415. The monoisotopic (exact) mass is 155 g/mol. The standard InChI is InChI=1S/C8H10FNO/c1-10-7-5-6(9)3-4-8(7)11-2/h3-5,10H,1-2H3. The Labute approximate surface area is 65.0 Å². The van der Waals surface area contributed by atoms with Crippen LogP contribution in [0.1, 0.15) is 0 Å². The van der Waals surface area contributed by atoms with E-state index in [-0.39, 0.29) is 5.82 Å². The predicted octanol–water partition coefficient (Wildman–Crippen LogP) is 1.88. The Bertz CT molecular complexity index is 250. The summed E-state index contributed by atoms with van der Waals surface area (Å²) in [7, 11) is 3.27. The molecule has 0 saturated carbocycles. The highest BCUT2D eigenvalue weighted by molar-refractivity contribution is 5.55. The van der Waals surface area contributed by atoms with E-state index in [0.29, 0.717) is 11.4 Å². The van der Waals surface area contributed by atoms with Gasteiger partial charge in [0.25, 0.3) is 0 Å². The van der Waals surface area contributed by atoms with E-state index in [1.54, 1.807) is 20.2 Å². The van der Waals surface area contributed by atoms with Gasteiger partial charge in [-0.3, -0.25) is 0 Å². The van der Waals surface area contributed by atoms with Crippen molar-refractivity contribution in [1.82, 2.24) is 0 Å². The van der Waals surface area contributed by atoms with E-state index in [9.17, 15) is 4.39 Å². The SMILES string of the molecule is CNc1cc(F)ccc1OC. The molecule has 1 aromatic carbocycles. The van der Waals surface area contributed by atoms with Crippen LogP contribution in [0.4, 0.5) is 10.1 Å². The molecule has 0 aliphatic carbocycles. The summed E-state index contributed by atoms with van der Waals surface area (Å²) in [5.74, 6) is 0.379. The molecule has 0 bridgehead atoms. The fourth-order valence-electron chi connectivity index (χ4n) is 0.876. The van der Waals surface area contributed by atoms with Crippen LogP contribution in [0.15, 0.2) is 18.2 Å². The van der Waals surface area contributed by atoms with Crippen molar-refractivity contribution in [1.29, 1.82) is 0 Å². The molecule has 0 radical (unpaired) electrons. The van der Waals surface area contributed by atoms with E-state index in [2.05, 4.69) is 5.32 Å². The van der Waals surface area contributed by atoms with E-state index < -0.39 is 0 Å². The van der Waals surface area contributed by atoms with Gasteiger partial charge in [0.1, 0.15) is 11.6 Å². The molecule has 2 nitrogen and oxygen atoms in total. The van der Waals surface area contributed by atoms with Crippen LogP contribution in [0.3, 0.4) is 0 Å². The molecule has 3 heteroatoms. The minimum atomic E-state index is -0.268. The van der Waals surface area contributed by atoms with E-state index in [1.807, 2.05) is 0 Å². The summed E-state index contributed by atoms with van der Waals surface area (Å²) in [6.45, 7) is 0. The molecule has 0 aromatic heterocycles. The maximum absolute atomic E-state index is 12.6. The third-order valence-electron chi connectivity index (χ3n) is 1.43. The van der Waals surface area contributed by atoms with Gasteiger partial charge in [0, 0.05) is 13.1 Å². The molecule has 1 N–H and O–H groups in total. The normalized spacial score (nSPS) is 9.36. The first-order valence-electron chi connectivity index (χ1n) is 3.29. The average molecular weight is 155 g/mol. The van der Waals surface area contributed by atoms with Crippen molar-refractivity contribution in [3.63, 3.8) is 0 Å².